The molecule has 1 aliphatic heterocycles. The van der Waals surface area contributed by atoms with Gasteiger partial charge in [0.2, 0.25) is 0 Å². The van der Waals surface area contributed by atoms with Crippen LogP contribution in [-0.2, 0) is 9.47 Å². The Kier molecular flexibility index (Phi) is 7.13. The summed E-state index contributed by atoms with van der Waals surface area (Å²) < 4.78 is 10.4. The van der Waals surface area contributed by atoms with Crippen molar-refractivity contribution in [3.63, 3.8) is 0 Å². The zero-order valence-corrected chi connectivity index (χ0v) is 14.7. The molecule has 0 aromatic rings. The number of aliphatic hydroxyl groups is 7. The normalized spacial score (nSPS) is 37.4. The van der Waals surface area contributed by atoms with Crippen molar-refractivity contribution < 1.29 is 45.2 Å². The van der Waals surface area contributed by atoms with E-state index in [-0.39, 0.29) is 12.8 Å². The first-order valence-electron chi connectivity index (χ1n) is 8.09. The molecule has 0 spiro atoms. The van der Waals surface area contributed by atoms with Crippen molar-refractivity contribution >= 4 is 0 Å². The van der Waals surface area contributed by atoms with Gasteiger partial charge in [0, 0.05) is 0 Å². The van der Waals surface area contributed by atoms with E-state index in [4.69, 9.17) is 9.47 Å². The number of ether oxygens (including phenoxy) is 2. The minimum Gasteiger partial charge on any atom is -0.394 e. The van der Waals surface area contributed by atoms with Gasteiger partial charge < -0.3 is 45.2 Å². The first-order valence-corrected chi connectivity index (χ1v) is 8.09. The minimum atomic E-state index is -2.75. The molecule has 1 rings (SSSR count). The van der Waals surface area contributed by atoms with Crippen molar-refractivity contribution in [1.82, 2.24) is 0 Å². The predicted molar refractivity (Wildman–Crippen MR) is 86.2 cm³/mol. The van der Waals surface area contributed by atoms with Crippen LogP contribution in [0.4, 0.5) is 0 Å². The van der Waals surface area contributed by atoms with Gasteiger partial charge >= 0.3 is 5.97 Å². The molecule has 7 N–H and O–H groups in total. The zero-order valence-electron chi connectivity index (χ0n) is 14.7. The molecule has 0 bridgehead atoms. The van der Waals surface area contributed by atoms with Crippen molar-refractivity contribution in [2.75, 3.05) is 6.61 Å². The lowest BCUT2D eigenvalue weighted by Crippen LogP contribution is -2.68. The van der Waals surface area contributed by atoms with Gasteiger partial charge in [-0.25, -0.2) is 0 Å². The third kappa shape index (κ3) is 5.19. The molecule has 1 saturated heterocycles. The monoisotopic (exact) mass is 366 g/mol. The Morgan fingerprint density at radius 3 is 2.28 bits per heavy atom. The fraction of sp³-hybridized carbons (Fsp3) is 0.875. The highest BCUT2D eigenvalue weighted by Crippen LogP contribution is 2.35. The smallest absolute Gasteiger partial charge is 0.311 e. The van der Waals surface area contributed by atoms with E-state index in [1.165, 1.54) is 26.8 Å². The third-order valence-electron chi connectivity index (χ3n) is 4.50. The van der Waals surface area contributed by atoms with Gasteiger partial charge in [0.15, 0.2) is 6.10 Å². The summed E-state index contributed by atoms with van der Waals surface area (Å²) in [4.78, 5) is 0. The average Bonchev–Trinajstić information content (AvgIpc) is 2.53. The first kappa shape index (κ1) is 22.4. The number of hydrogen-bond acceptors (Lipinski definition) is 9. The Morgan fingerprint density at radius 2 is 1.80 bits per heavy atom. The molecule has 1 heterocycles. The van der Waals surface area contributed by atoms with Crippen LogP contribution in [0, 0.1) is 0 Å². The van der Waals surface area contributed by atoms with Gasteiger partial charge in [-0.15, -0.1) is 6.58 Å². The Labute approximate surface area is 146 Å². The molecule has 0 radical (unpaired) electrons. The third-order valence-corrected chi connectivity index (χ3v) is 4.50. The molecule has 1 fully saturated rings. The molecule has 0 aliphatic carbocycles. The summed E-state index contributed by atoms with van der Waals surface area (Å²) in [5, 5.41) is 69.4. The highest BCUT2D eigenvalue weighted by Gasteiger charge is 2.56. The van der Waals surface area contributed by atoms with E-state index in [0.717, 1.165) is 0 Å². The van der Waals surface area contributed by atoms with E-state index in [9.17, 15) is 35.7 Å². The first-order chi connectivity index (χ1) is 11.3. The molecule has 9 heteroatoms. The zero-order chi connectivity index (χ0) is 19.6. The lowest BCUT2D eigenvalue weighted by atomic mass is 9.91. The summed E-state index contributed by atoms with van der Waals surface area (Å²) in [7, 11) is 0. The molecule has 3 unspecified atom stereocenters. The van der Waals surface area contributed by atoms with Gasteiger partial charge in [-0.2, -0.15) is 0 Å². The van der Waals surface area contributed by atoms with E-state index < -0.39 is 54.3 Å². The number of hydrogen-bond donors (Lipinski definition) is 7. The van der Waals surface area contributed by atoms with E-state index in [2.05, 4.69) is 6.58 Å². The summed E-state index contributed by atoms with van der Waals surface area (Å²) in [5.41, 5.74) is -2.66. The van der Waals surface area contributed by atoms with Crippen LogP contribution in [0.25, 0.3) is 0 Å². The highest BCUT2D eigenvalue weighted by molar-refractivity contribution is 4.96. The minimum absolute atomic E-state index is 0.0762. The number of aliphatic hydroxyl groups excluding tert-OH is 5. The average molecular weight is 366 g/mol. The van der Waals surface area contributed by atoms with Crippen LogP contribution in [0.15, 0.2) is 12.7 Å². The lowest BCUT2D eigenvalue weighted by molar-refractivity contribution is -0.472. The van der Waals surface area contributed by atoms with Gasteiger partial charge in [0.1, 0.15) is 18.3 Å². The van der Waals surface area contributed by atoms with Crippen LogP contribution in [-0.4, -0.2) is 90.0 Å². The van der Waals surface area contributed by atoms with Crippen molar-refractivity contribution in [2.24, 2.45) is 0 Å². The SMILES string of the molecule is C=CC(C)(O)CC[C@H](O)C(C)(C)O[C@]1(O)OC(CO)[C@@H](O)C(O)[C@@H]1O. The van der Waals surface area contributed by atoms with Gasteiger partial charge in [-0.1, -0.05) is 6.08 Å². The van der Waals surface area contributed by atoms with Gasteiger partial charge in [0.05, 0.1) is 23.9 Å². The van der Waals surface area contributed by atoms with Gasteiger partial charge in [-0.05, 0) is 33.6 Å². The lowest BCUT2D eigenvalue weighted by Gasteiger charge is -2.48. The van der Waals surface area contributed by atoms with E-state index in [1.54, 1.807) is 0 Å². The van der Waals surface area contributed by atoms with Crippen LogP contribution < -0.4 is 0 Å². The topological polar surface area (TPSA) is 160 Å². The molecular weight excluding hydrogens is 336 g/mol. The van der Waals surface area contributed by atoms with E-state index >= 15 is 0 Å². The quantitative estimate of drug-likeness (QED) is 0.190. The summed E-state index contributed by atoms with van der Waals surface area (Å²) in [6.45, 7) is 7.11. The molecule has 0 amide bonds. The Balaban J connectivity index is 2.86. The van der Waals surface area contributed by atoms with Crippen molar-refractivity contribution in [2.45, 2.75) is 81.3 Å². The molecule has 1 aliphatic rings. The van der Waals surface area contributed by atoms with Crippen molar-refractivity contribution in [3.8, 4) is 0 Å². The second-order valence-electron chi connectivity index (χ2n) is 7.22. The molecule has 0 saturated carbocycles. The Hall–Kier alpha value is -0.620. The summed E-state index contributed by atoms with van der Waals surface area (Å²) in [6, 6.07) is 0. The van der Waals surface area contributed by atoms with E-state index in [1.807, 2.05) is 0 Å². The highest BCUT2D eigenvalue weighted by atomic mass is 16.8. The molecule has 7 atom stereocenters. The van der Waals surface area contributed by atoms with Gasteiger partial charge in [0.25, 0.3) is 0 Å². The maximum absolute atomic E-state index is 10.4. The van der Waals surface area contributed by atoms with Crippen LogP contribution >= 0.6 is 0 Å². The molecule has 148 valence electrons. The van der Waals surface area contributed by atoms with Crippen molar-refractivity contribution in [1.29, 1.82) is 0 Å². The summed E-state index contributed by atoms with van der Waals surface area (Å²) >= 11 is 0. The second-order valence-corrected chi connectivity index (χ2v) is 7.22. The maximum atomic E-state index is 10.4. The summed E-state index contributed by atoms with van der Waals surface area (Å²) in [6.07, 6.45) is -6.50. The van der Waals surface area contributed by atoms with Gasteiger partial charge in [-0.3, -0.25) is 0 Å². The van der Waals surface area contributed by atoms with Crippen LogP contribution in [0.3, 0.4) is 0 Å². The Morgan fingerprint density at radius 1 is 1.24 bits per heavy atom. The predicted octanol–water partition coefficient (Wildman–Crippen LogP) is -2.02. The number of rotatable bonds is 8. The van der Waals surface area contributed by atoms with Crippen LogP contribution in [0.2, 0.25) is 0 Å². The van der Waals surface area contributed by atoms with E-state index in [0.29, 0.717) is 0 Å². The molecule has 0 aromatic heterocycles. The van der Waals surface area contributed by atoms with Crippen LogP contribution in [0.5, 0.6) is 0 Å². The molecule has 9 nitrogen and oxygen atoms in total. The fourth-order valence-electron chi connectivity index (χ4n) is 2.53. The largest absolute Gasteiger partial charge is 0.394 e. The molecular formula is C16H30O9. The maximum Gasteiger partial charge on any atom is 0.311 e. The fourth-order valence-corrected chi connectivity index (χ4v) is 2.53. The van der Waals surface area contributed by atoms with Crippen LogP contribution in [0.1, 0.15) is 33.6 Å². The Bertz CT molecular complexity index is 451. The molecule has 0 aromatic carbocycles. The standard InChI is InChI=1S/C16H30O9/c1-5-15(4,22)7-6-10(18)14(2,3)25-16(23)13(21)12(20)11(19)9(8-17)24-16/h5,9-13,17-23H,1,6-8H2,2-4H3/t9?,10-,11+,12?,13-,15?,16+/m0/s1. The van der Waals surface area contributed by atoms with Crippen molar-refractivity contribution in [3.05, 3.63) is 12.7 Å². The second kappa shape index (κ2) is 7.95. The molecule has 25 heavy (non-hydrogen) atoms. The summed E-state index contributed by atoms with van der Waals surface area (Å²) in [5.74, 6) is -2.75.